The third kappa shape index (κ3) is 3.00. The van der Waals surface area contributed by atoms with E-state index in [1.54, 1.807) is 23.1 Å². The molecule has 5 nitrogen and oxygen atoms in total. The molecule has 21 heavy (non-hydrogen) atoms. The molecule has 0 saturated carbocycles. The summed E-state index contributed by atoms with van der Waals surface area (Å²) in [5.74, 6) is -0.0765. The van der Waals surface area contributed by atoms with Gasteiger partial charge in [0, 0.05) is 35.9 Å². The largest absolute Gasteiger partial charge is 0.346 e. The predicted molar refractivity (Wildman–Crippen MR) is 81.9 cm³/mol. The molecule has 1 amide bonds. The van der Waals surface area contributed by atoms with Gasteiger partial charge < -0.3 is 5.32 Å². The minimum absolute atomic E-state index is 0.0765. The van der Waals surface area contributed by atoms with Crippen molar-refractivity contribution in [3.63, 3.8) is 0 Å². The van der Waals surface area contributed by atoms with Crippen LogP contribution in [-0.4, -0.2) is 20.7 Å². The first kappa shape index (κ1) is 13.5. The number of aromatic nitrogens is 3. The number of nitrogens with one attached hydrogen (secondary N) is 1. The molecule has 0 unspecified atom stereocenters. The second-order valence-electron chi connectivity index (χ2n) is 4.58. The highest BCUT2D eigenvalue weighted by Crippen LogP contribution is 2.18. The number of pyridine rings is 1. The van der Waals surface area contributed by atoms with E-state index < -0.39 is 0 Å². The van der Waals surface area contributed by atoms with E-state index in [1.165, 1.54) is 11.3 Å². The number of carbonyl (C=O) groups excluding carboxylic acids is 1. The summed E-state index contributed by atoms with van der Waals surface area (Å²) in [5.41, 5.74) is 3.56. The van der Waals surface area contributed by atoms with Crippen molar-refractivity contribution >= 4 is 17.2 Å². The molecule has 0 aliphatic carbocycles. The van der Waals surface area contributed by atoms with Gasteiger partial charge in [0.1, 0.15) is 0 Å². The van der Waals surface area contributed by atoms with Crippen LogP contribution in [0, 0.1) is 0 Å². The van der Waals surface area contributed by atoms with Gasteiger partial charge in [-0.05, 0) is 29.6 Å². The monoisotopic (exact) mass is 298 g/mol. The topological polar surface area (TPSA) is 59.8 Å². The third-order valence-corrected chi connectivity index (χ3v) is 3.80. The highest BCUT2D eigenvalue weighted by Gasteiger charge is 2.09. The summed E-state index contributed by atoms with van der Waals surface area (Å²) in [5, 5.41) is 11.0. The van der Waals surface area contributed by atoms with E-state index in [2.05, 4.69) is 15.4 Å². The molecule has 3 aromatic heterocycles. The fourth-order valence-electron chi connectivity index (χ4n) is 2.07. The van der Waals surface area contributed by atoms with Crippen molar-refractivity contribution < 1.29 is 4.79 Å². The molecule has 106 valence electrons. The first-order valence-corrected chi connectivity index (χ1v) is 7.42. The highest BCUT2D eigenvalue weighted by molar-refractivity contribution is 7.08. The summed E-state index contributed by atoms with van der Waals surface area (Å²) < 4.78 is 1.81. The van der Waals surface area contributed by atoms with Crippen LogP contribution in [0.1, 0.15) is 16.1 Å². The van der Waals surface area contributed by atoms with Crippen molar-refractivity contribution in [2.45, 2.75) is 6.54 Å². The summed E-state index contributed by atoms with van der Waals surface area (Å²) in [6, 6.07) is 7.65. The second-order valence-corrected chi connectivity index (χ2v) is 5.36. The third-order valence-electron chi connectivity index (χ3n) is 3.12. The summed E-state index contributed by atoms with van der Waals surface area (Å²) in [4.78, 5) is 15.9. The Bertz CT molecular complexity index is 734. The van der Waals surface area contributed by atoms with Crippen LogP contribution in [-0.2, 0) is 13.6 Å². The summed E-state index contributed by atoms with van der Waals surface area (Å²) in [6.45, 7) is 0.410. The summed E-state index contributed by atoms with van der Waals surface area (Å²) in [7, 11) is 1.89. The number of hydrogen-bond donors (Lipinski definition) is 1. The highest BCUT2D eigenvalue weighted by atomic mass is 32.1. The zero-order chi connectivity index (χ0) is 14.7. The van der Waals surface area contributed by atoms with Crippen LogP contribution in [0.3, 0.4) is 0 Å². The average molecular weight is 298 g/mol. The molecule has 0 aromatic carbocycles. The predicted octanol–water partition coefficient (Wildman–Crippen LogP) is 2.47. The lowest BCUT2D eigenvalue weighted by atomic mass is 10.2. The Hall–Kier alpha value is -2.47. The molecule has 3 heterocycles. The summed E-state index contributed by atoms with van der Waals surface area (Å²) >= 11 is 1.51. The minimum atomic E-state index is -0.0765. The van der Waals surface area contributed by atoms with Crippen LogP contribution in [0.25, 0.3) is 11.3 Å². The maximum Gasteiger partial charge on any atom is 0.252 e. The maximum absolute atomic E-state index is 11.9. The van der Waals surface area contributed by atoms with Gasteiger partial charge in [0.25, 0.3) is 5.91 Å². The average Bonchev–Trinajstić information content (AvgIpc) is 3.15. The molecule has 0 bridgehead atoms. The van der Waals surface area contributed by atoms with Crippen LogP contribution in [0.4, 0.5) is 0 Å². The molecular weight excluding hydrogens is 284 g/mol. The van der Waals surface area contributed by atoms with E-state index in [-0.39, 0.29) is 5.91 Å². The molecule has 6 heteroatoms. The molecule has 3 rings (SSSR count). The number of nitrogens with zero attached hydrogens (tertiary/aromatic N) is 3. The van der Waals surface area contributed by atoms with Gasteiger partial charge in [0.2, 0.25) is 0 Å². The molecule has 0 radical (unpaired) electrons. The van der Waals surface area contributed by atoms with Crippen molar-refractivity contribution in [1.82, 2.24) is 20.1 Å². The van der Waals surface area contributed by atoms with E-state index in [9.17, 15) is 4.79 Å². The lowest BCUT2D eigenvalue weighted by molar-refractivity contribution is 0.0951. The van der Waals surface area contributed by atoms with Gasteiger partial charge >= 0.3 is 0 Å². The Morgan fingerprint density at radius 2 is 2.14 bits per heavy atom. The maximum atomic E-state index is 11.9. The molecule has 1 N–H and O–H groups in total. The van der Waals surface area contributed by atoms with Gasteiger partial charge in [-0.3, -0.25) is 14.5 Å². The second kappa shape index (κ2) is 5.88. The Kier molecular flexibility index (Phi) is 3.79. The van der Waals surface area contributed by atoms with Gasteiger partial charge in [-0.1, -0.05) is 0 Å². The van der Waals surface area contributed by atoms with Crippen molar-refractivity contribution in [2.75, 3.05) is 0 Å². The van der Waals surface area contributed by atoms with E-state index >= 15 is 0 Å². The molecule has 0 fully saturated rings. The normalized spacial score (nSPS) is 10.5. The van der Waals surface area contributed by atoms with Gasteiger partial charge in [-0.2, -0.15) is 16.4 Å². The lowest BCUT2D eigenvalue weighted by Gasteiger charge is -2.00. The van der Waals surface area contributed by atoms with E-state index in [4.69, 9.17) is 0 Å². The molecule has 0 spiro atoms. The number of thiophene rings is 1. The number of hydrogen-bond acceptors (Lipinski definition) is 4. The van der Waals surface area contributed by atoms with E-state index in [1.807, 2.05) is 36.0 Å². The lowest BCUT2D eigenvalue weighted by Crippen LogP contribution is -2.22. The van der Waals surface area contributed by atoms with Crippen molar-refractivity contribution in [1.29, 1.82) is 0 Å². The molecule has 0 aliphatic heterocycles. The first-order valence-electron chi connectivity index (χ1n) is 6.48. The van der Waals surface area contributed by atoms with Gasteiger partial charge in [-0.15, -0.1) is 0 Å². The van der Waals surface area contributed by atoms with Crippen molar-refractivity contribution in [3.05, 3.63) is 58.7 Å². The van der Waals surface area contributed by atoms with Crippen LogP contribution in [0.5, 0.6) is 0 Å². The Morgan fingerprint density at radius 1 is 1.33 bits per heavy atom. The zero-order valence-electron chi connectivity index (χ0n) is 11.5. The molecule has 3 aromatic rings. The number of rotatable bonds is 4. The van der Waals surface area contributed by atoms with Crippen LogP contribution in [0.15, 0.2) is 47.4 Å². The van der Waals surface area contributed by atoms with Gasteiger partial charge in [0.15, 0.2) is 0 Å². The van der Waals surface area contributed by atoms with E-state index in [0.29, 0.717) is 12.1 Å². The van der Waals surface area contributed by atoms with Crippen LogP contribution < -0.4 is 5.32 Å². The fraction of sp³-hybridized carbons (Fsp3) is 0.133. The van der Waals surface area contributed by atoms with Crippen LogP contribution >= 0.6 is 11.3 Å². The SMILES string of the molecule is Cn1nc(CNC(=O)c2ccsc2)cc1-c1ccncc1. The van der Waals surface area contributed by atoms with Gasteiger partial charge in [-0.25, -0.2) is 0 Å². The molecular formula is C15H14N4OS. The quantitative estimate of drug-likeness (QED) is 0.805. The number of aryl methyl sites for hydroxylation is 1. The van der Waals surface area contributed by atoms with E-state index in [0.717, 1.165) is 17.0 Å². The Morgan fingerprint density at radius 3 is 2.86 bits per heavy atom. The Labute approximate surface area is 126 Å². The van der Waals surface area contributed by atoms with Crippen LogP contribution in [0.2, 0.25) is 0 Å². The van der Waals surface area contributed by atoms with Gasteiger partial charge in [0.05, 0.1) is 17.9 Å². The Balaban J connectivity index is 1.72. The zero-order valence-corrected chi connectivity index (χ0v) is 12.3. The minimum Gasteiger partial charge on any atom is -0.346 e. The van der Waals surface area contributed by atoms with Crippen molar-refractivity contribution in [2.24, 2.45) is 7.05 Å². The fourth-order valence-corrected chi connectivity index (χ4v) is 2.71. The molecule has 0 aliphatic rings. The van der Waals surface area contributed by atoms with Crippen molar-refractivity contribution in [3.8, 4) is 11.3 Å². The summed E-state index contributed by atoms with van der Waals surface area (Å²) in [6.07, 6.45) is 3.50. The first-order chi connectivity index (χ1) is 10.2. The number of carbonyl (C=O) groups is 1. The number of amides is 1. The molecule has 0 atom stereocenters. The molecule has 0 saturated heterocycles. The smallest absolute Gasteiger partial charge is 0.252 e. The standard InChI is InChI=1S/C15H14N4OS/c1-19-14(11-2-5-16-6-3-11)8-13(18-19)9-17-15(20)12-4-7-21-10-12/h2-8,10H,9H2,1H3,(H,17,20).